The van der Waals surface area contributed by atoms with Crippen LogP contribution in [0.4, 0.5) is 11.4 Å². The molecule has 1 heterocycles. The SMILES string of the molecule is COC1(CNc2cc(N)cc(S(N)(=O)=O)c2C)CCOC1. The fourth-order valence-electron chi connectivity index (χ4n) is 2.41. The van der Waals surface area contributed by atoms with Crippen LogP contribution in [0.5, 0.6) is 0 Å². The van der Waals surface area contributed by atoms with Crippen molar-refractivity contribution in [2.24, 2.45) is 5.14 Å². The first kappa shape index (κ1) is 16.0. The number of hydrogen-bond donors (Lipinski definition) is 3. The maximum absolute atomic E-state index is 11.6. The number of primary sulfonamides is 1. The summed E-state index contributed by atoms with van der Waals surface area (Å²) in [5.74, 6) is 0. The average molecular weight is 315 g/mol. The van der Waals surface area contributed by atoms with E-state index in [2.05, 4.69) is 5.32 Å². The fraction of sp³-hybridized carbons (Fsp3) is 0.538. The zero-order valence-corrected chi connectivity index (χ0v) is 13.0. The molecule has 2 rings (SSSR count). The first-order valence-electron chi connectivity index (χ1n) is 6.57. The third kappa shape index (κ3) is 3.46. The number of sulfonamides is 1. The monoisotopic (exact) mass is 315 g/mol. The van der Waals surface area contributed by atoms with E-state index >= 15 is 0 Å². The second kappa shape index (κ2) is 5.80. The standard InChI is InChI=1S/C13H21N3O4S/c1-9-11(5-10(14)6-12(9)21(15,17)18)16-7-13(19-2)3-4-20-8-13/h5-6,16H,3-4,7-8,14H2,1-2H3,(H2,15,17,18). The molecule has 1 aromatic rings. The molecule has 0 aliphatic carbocycles. The van der Waals surface area contributed by atoms with Gasteiger partial charge in [0, 0.05) is 38.1 Å². The van der Waals surface area contributed by atoms with Gasteiger partial charge in [0.2, 0.25) is 10.0 Å². The van der Waals surface area contributed by atoms with Crippen molar-refractivity contribution in [1.29, 1.82) is 0 Å². The van der Waals surface area contributed by atoms with Crippen LogP contribution in [0.1, 0.15) is 12.0 Å². The number of rotatable bonds is 5. The van der Waals surface area contributed by atoms with Crippen LogP contribution in [0.15, 0.2) is 17.0 Å². The van der Waals surface area contributed by atoms with Crippen molar-refractivity contribution in [2.45, 2.75) is 23.8 Å². The molecule has 0 aromatic heterocycles. The van der Waals surface area contributed by atoms with Crippen molar-refractivity contribution in [3.05, 3.63) is 17.7 Å². The van der Waals surface area contributed by atoms with Crippen molar-refractivity contribution in [2.75, 3.05) is 37.9 Å². The van der Waals surface area contributed by atoms with E-state index in [0.717, 1.165) is 6.42 Å². The Hall–Kier alpha value is -1.35. The predicted octanol–water partition coefficient (Wildman–Crippen LogP) is 0.442. The normalized spacial score (nSPS) is 22.4. The molecule has 7 nitrogen and oxygen atoms in total. The van der Waals surface area contributed by atoms with Crippen LogP contribution < -0.4 is 16.2 Å². The highest BCUT2D eigenvalue weighted by molar-refractivity contribution is 7.89. The molecular weight excluding hydrogens is 294 g/mol. The largest absolute Gasteiger partial charge is 0.399 e. The highest BCUT2D eigenvalue weighted by atomic mass is 32.2. The Bertz CT molecular complexity index is 625. The van der Waals surface area contributed by atoms with Crippen LogP contribution in [0.3, 0.4) is 0 Å². The third-order valence-electron chi connectivity index (χ3n) is 3.79. The number of methoxy groups -OCH3 is 1. The molecule has 1 saturated heterocycles. The molecule has 0 amide bonds. The Labute approximate surface area is 124 Å². The number of benzene rings is 1. The van der Waals surface area contributed by atoms with Gasteiger partial charge in [0.25, 0.3) is 0 Å². The highest BCUT2D eigenvalue weighted by Gasteiger charge is 2.34. The molecule has 0 saturated carbocycles. The van der Waals surface area contributed by atoms with Gasteiger partial charge in [-0.25, -0.2) is 13.6 Å². The van der Waals surface area contributed by atoms with Crippen molar-refractivity contribution in [3.8, 4) is 0 Å². The lowest BCUT2D eigenvalue weighted by Crippen LogP contribution is -2.39. The maximum Gasteiger partial charge on any atom is 0.238 e. The van der Waals surface area contributed by atoms with E-state index in [-0.39, 0.29) is 4.90 Å². The summed E-state index contributed by atoms with van der Waals surface area (Å²) in [4.78, 5) is 0.0270. The number of anilines is 2. The molecule has 1 fully saturated rings. The lowest BCUT2D eigenvalue weighted by atomic mass is 10.0. The highest BCUT2D eigenvalue weighted by Crippen LogP contribution is 2.28. The molecule has 1 atom stereocenters. The first-order chi connectivity index (χ1) is 9.77. The summed E-state index contributed by atoms with van der Waals surface area (Å²) in [6.45, 7) is 3.33. The lowest BCUT2D eigenvalue weighted by molar-refractivity contribution is -0.00620. The smallest absolute Gasteiger partial charge is 0.238 e. The molecule has 0 bridgehead atoms. The summed E-state index contributed by atoms with van der Waals surface area (Å²) < 4.78 is 34.1. The average Bonchev–Trinajstić information content (AvgIpc) is 2.87. The Morgan fingerprint density at radius 1 is 1.48 bits per heavy atom. The second-order valence-electron chi connectivity index (χ2n) is 5.28. The van der Waals surface area contributed by atoms with Crippen molar-refractivity contribution >= 4 is 21.4 Å². The van der Waals surface area contributed by atoms with Gasteiger partial charge in [0.05, 0.1) is 11.5 Å². The van der Waals surface area contributed by atoms with Crippen LogP contribution in [0, 0.1) is 6.92 Å². The molecule has 8 heteroatoms. The van der Waals surface area contributed by atoms with Gasteiger partial charge >= 0.3 is 0 Å². The third-order valence-corrected chi connectivity index (χ3v) is 4.83. The molecule has 0 radical (unpaired) electrons. The summed E-state index contributed by atoms with van der Waals surface area (Å²) in [5, 5.41) is 8.40. The van der Waals surface area contributed by atoms with Gasteiger partial charge in [-0.15, -0.1) is 0 Å². The molecule has 1 unspecified atom stereocenters. The summed E-state index contributed by atoms with van der Waals surface area (Å²) >= 11 is 0. The second-order valence-corrected chi connectivity index (χ2v) is 6.81. The van der Waals surface area contributed by atoms with Crippen LogP contribution in [0.2, 0.25) is 0 Å². The van der Waals surface area contributed by atoms with E-state index in [9.17, 15) is 8.42 Å². The summed E-state index contributed by atoms with van der Waals surface area (Å²) in [5.41, 5.74) is 6.85. The summed E-state index contributed by atoms with van der Waals surface area (Å²) in [6, 6.07) is 3.05. The minimum atomic E-state index is -3.81. The number of ether oxygens (including phenoxy) is 2. The first-order valence-corrected chi connectivity index (χ1v) is 8.12. The number of nitrogen functional groups attached to an aromatic ring is 1. The zero-order valence-electron chi connectivity index (χ0n) is 12.2. The van der Waals surface area contributed by atoms with E-state index in [0.29, 0.717) is 36.7 Å². The molecule has 1 aromatic carbocycles. The van der Waals surface area contributed by atoms with E-state index < -0.39 is 15.6 Å². The van der Waals surface area contributed by atoms with Crippen molar-refractivity contribution < 1.29 is 17.9 Å². The lowest BCUT2D eigenvalue weighted by Gasteiger charge is -2.27. The molecule has 21 heavy (non-hydrogen) atoms. The van der Waals surface area contributed by atoms with Gasteiger partial charge in [0.15, 0.2) is 0 Å². The van der Waals surface area contributed by atoms with Gasteiger partial charge in [-0.2, -0.15) is 0 Å². The van der Waals surface area contributed by atoms with E-state index in [1.165, 1.54) is 6.07 Å². The Kier molecular flexibility index (Phi) is 4.43. The minimum Gasteiger partial charge on any atom is -0.399 e. The van der Waals surface area contributed by atoms with Crippen LogP contribution in [-0.2, 0) is 19.5 Å². The Morgan fingerprint density at radius 3 is 2.71 bits per heavy atom. The van der Waals surface area contributed by atoms with E-state index in [4.69, 9.17) is 20.3 Å². The minimum absolute atomic E-state index is 0.0270. The molecule has 5 N–H and O–H groups in total. The predicted molar refractivity (Wildman–Crippen MR) is 80.6 cm³/mol. The van der Waals surface area contributed by atoms with Crippen LogP contribution >= 0.6 is 0 Å². The maximum atomic E-state index is 11.6. The quantitative estimate of drug-likeness (QED) is 0.679. The molecule has 0 spiro atoms. The summed E-state index contributed by atoms with van der Waals surface area (Å²) in [6.07, 6.45) is 0.778. The molecular formula is C13H21N3O4S. The topological polar surface area (TPSA) is 117 Å². The van der Waals surface area contributed by atoms with Gasteiger partial charge in [-0.05, 0) is 24.6 Å². The zero-order chi connectivity index (χ0) is 15.7. The van der Waals surface area contributed by atoms with Gasteiger partial charge in [0.1, 0.15) is 5.60 Å². The summed E-state index contributed by atoms with van der Waals surface area (Å²) in [7, 11) is -2.18. The van der Waals surface area contributed by atoms with E-state index in [1.807, 2.05) is 0 Å². The number of nitrogens with one attached hydrogen (secondary N) is 1. The molecule has 1 aliphatic heterocycles. The molecule has 118 valence electrons. The van der Waals surface area contributed by atoms with Crippen LogP contribution in [-0.4, -0.2) is 40.9 Å². The Balaban J connectivity index is 2.26. The van der Waals surface area contributed by atoms with Crippen LogP contribution in [0.25, 0.3) is 0 Å². The van der Waals surface area contributed by atoms with Gasteiger partial charge in [-0.3, -0.25) is 0 Å². The molecule has 1 aliphatic rings. The van der Waals surface area contributed by atoms with E-state index in [1.54, 1.807) is 20.1 Å². The number of nitrogens with two attached hydrogens (primary N) is 2. The number of hydrogen-bond acceptors (Lipinski definition) is 6. The van der Waals surface area contributed by atoms with Gasteiger partial charge < -0.3 is 20.5 Å². The fourth-order valence-corrected chi connectivity index (χ4v) is 3.24. The van der Waals surface area contributed by atoms with Crippen molar-refractivity contribution in [1.82, 2.24) is 0 Å². The van der Waals surface area contributed by atoms with Gasteiger partial charge in [-0.1, -0.05) is 0 Å². The van der Waals surface area contributed by atoms with Crippen molar-refractivity contribution in [3.63, 3.8) is 0 Å². The Morgan fingerprint density at radius 2 is 2.19 bits per heavy atom.